The Bertz CT molecular complexity index is 395. The van der Waals surface area contributed by atoms with Crippen molar-refractivity contribution in [3.63, 3.8) is 0 Å². The fourth-order valence-corrected chi connectivity index (χ4v) is 1.54. The molecule has 0 spiro atoms. The predicted molar refractivity (Wildman–Crippen MR) is 62.3 cm³/mol. The highest BCUT2D eigenvalue weighted by Crippen LogP contribution is 2.14. The summed E-state index contributed by atoms with van der Waals surface area (Å²) in [5.74, 6) is -0.286. The van der Waals surface area contributed by atoms with Crippen LogP contribution in [0.1, 0.15) is 31.4 Å². The lowest BCUT2D eigenvalue weighted by Crippen LogP contribution is -2.28. The second kappa shape index (κ2) is 5.62. The SMILES string of the molecule is CCC(C)N(C)Cc1cc(F)ccc1C#N. The summed E-state index contributed by atoms with van der Waals surface area (Å²) in [4.78, 5) is 2.12. The summed E-state index contributed by atoms with van der Waals surface area (Å²) in [6.07, 6.45) is 1.04. The van der Waals surface area contributed by atoms with Crippen LogP contribution in [0, 0.1) is 17.1 Å². The Morgan fingerprint density at radius 3 is 2.75 bits per heavy atom. The van der Waals surface area contributed by atoms with E-state index in [4.69, 9.17) is 5.26 Å². The molecule has 0 aliphatic carbocycles. The summed E-state index contributed by atoms with van der Waals surface area (Å²) >= 11 is 0. The van der Waals surface area contributed by atoms with Gasteiger partial charge in [-0.15, -0.1) is 0 Å². The van der Waals surface area contributed by atoms with Gasteiger partial charge < -0.3 is 0 Å². The van der Waals surface area contributed by atoms with E-state index < -0.39 is 0 Å². The zero-order chi connectivity index (χ0) is 12.1. The van der Waals surface area contributed by atoms with Crippen LogP contribution in [0.4, 0.5) is 4.39 Å². The monoisotopic (exact) mass is 220 g/mol. The largest absolute Gasteiger partial charge is 0.299 e. The molecule has 16 heavy (non-hydrogen) atoms. The van der Waals surface area contributed by atoms with Crippen molar-refractivity contribution in [1.82, 2.24) is 4.90 Å². The van der Waals surface area contributed by atoms with Gasteiger partial charge in [-0.2, -0.15) is 5.26 Å². The van der Waals surface area contributed by atoms with E-state index in [9.17, 15) is 4.39 Å². The van der Waals surface area contributed by atoms with Crippen molar-refractivity contribution in [3.05, 3.63) is 35.1 Å². The average molecular weight is 220 g/mol. The van der Waals surface area contributed by atoms with Gasteiger partial charge in [-0.1, -0.05) is 6.92 Å². The molecule has 1 atom stereocenters. The van der Waals surface area contributed by atoms with Crippen LogP contribution < -0.4 is 0 Å². The summed E-state index contributed by atoms with van der Waals surface area (Å²) < 4.78 is 13.1. The highest BCUT2D eigenvalue weighted by Gasteiger charge is 2.10. The molecule has 86 valence electrons. The van der Waals surface area contributed by atoms with E-state index in [2.05, 4.69) is 24.8 Å². The fraction of sp³-hybridized carbons (Fsp3) is 0.462. The minimum absolute atomic E-state index is 0.286. The molecule has 0 saturated carbocycles. The van der Waals surface area contributed by atoms with Gasteiger partial charge >= 0.3 is 0 Å². The molecule has 1 rings (SSSR count). The lowest BCUT2D eigenvalue weighted by atomic mass is 10.1. The molecule has 1 aromatic carbocycles. The van der Waals surface area contributed by atoms with E-state index in [-0.39, 0.29) is 5.82 Å². The van der Waals surface area contributed by atoms with Crippen LogP contribution in [0.15, 0.2) is 18.2 Å². The molecule has 0 bridgehead atoms. The maximum atomic E-state index is 13.1. The molecule has 0 aromatic heterocycles. The maximum absolute atomic E-state index is 13.1. The van der Waals surface area contributed by atoms with Crippen molar-refractivity contribution >= 4 is 0 Å². The second-order valence-corrected chi connectivity index (χ2v) is 4.09. The Kier molecular flexibility index (Phi) is 4.45. The molecular formula is C13H17FN2. The normalized spacial score (nSPS) is 12.5. The van der Waals surface area contributed by atoms with Gasteiger partial charge in [0, 0.05) is 12.6 Å². The first-order chi connectivity index (χ1) is 7.58. The smallest absolute Gasteiger partial charge is 0.123 e. The number of hydrogen-bond acceptors (Lipinski definition) is 2. The van der Waals surface area contributed by atoms with Gasteiger partial charge in [0.2, 0.25) is 0 Å². The van der Waals surface area contributed by atoms with E-state index in [1.807, 2.05) is 7.05 Å². The van der Waals surface area contributed by atoms with Crippen molar-refractivity contribution in [2.45, 2.75) is 32.9 Å². The molecule has 0 aliphatic heterocycles. The van der Waals surface area contributed by atoms with Crippen LogP contribution in [0.5, 0.6) is 0 Å². The minimum Gasteiger partial charge on any atom is -0.299 e. The first-order valence-corrected chi connectivity index (χ1v) is 5.47. The van der Waals surface area contributed by atoms with Crippen LogP contribution in [0.3, 0.4) is 0 Å². The van der Waals surface area contributed by atoms with E-state index in [1.165, 1.54) is 18.2 Å². The molecule has 3 heteroatoms. The summed E-state index contributed by atoms with van der Waals surface area (Å²) in [7, 11) is 1.99. The number of nitriles is 1. The Hall–Kier alpha value is -1.40. The van der Waals surface area contributed by atoms with Gasteiger partial charge in [0.1, 0.15) is 5.82 Å². The Morgan fingerprint density at radius 2 is 2.19 bits per heavy atom. The average Bonchev–Trinajstić information content (AvgIpc) is 2.28. The topological polar surface area (TPSA) is 27.0 Å². The number of rotatable bonds is 4. The third-order valence-electron chi connectivity index (χ3n) is 2.95. The van der Waals surface area contributed by atoms with E-state index >= 15 is 0 Å². The van der Waals surface area contributed by atoms with Gasteiger partial charge in [-0.25, -0.2) is 4.39 Å². The molecule has 1 aromatic rings. The van der Waals surface area contributed by atoms with E-state index in [1.54, 1.807) is 0 Å². The Labute approximate surface area is 96.3 Å². The van der Waals surface area contributed by atoms with Crippen LogP contribution in [0.2, 0.25) is 0 Å². The summed E-state index contributed by atoms with van der Waals surface area (Å²) in [5, 5.41) is 8.93. The lowest BCUT2D eigenvalue weighted by molar-refractivity contribution is 0.243. The molecule has 1 unspecified atom stereocenters. The van der Waals surface area contributed by atoms with Crippen molar-refractivity contribution in [1.29, 1.82) is 5.26 Å². The molecule has 0 saturated heterocycles. The quantitative estimate of drug-likeness (QED) is 0.780. The first-order valence-electron chi connectivity index (χ1n) is 5.47. The molecule has 2 nitrogen and oxygen atoms in total. The third kappa shape index (κ3) is 3.04. The molecule has 0 radical (unpaired) electrons. The van der Waals surface area contributed by atoms with Gasteiger partial charge in [0.25, 0.3) is 0 Å². The molecular weight excluding hydrogens is 203 g/mol. The highest BCUT2D eigenvalue weighted by molar-refractivity contribution is 5.37. The zero-order valence-corrected chi connectivity index (χ0v) is 10.00. The highest BCUT2D eigenvalue weighted by atomic mass is 19.1. The standard InChI is InChI=1S/C13H17FN2/c1-4-10(2)16(3)9-12-7-13(14)6-5-11(12)8-15/h5-7,10H,4,9H2,1-3H3. The van der Waals surface area contributed by atoms with Crippen molar-refractivity contribution in [3.8, 4) is 6.07 Å². The van der Waals surface area contributed by atoms with Crippen molar-refractivity contribution in [2.75, 3.05) is 7.05 Å². The molecule has 0 N–H and O–H groups in total. The minimum atomic E-state index is -0.286. The van der Waals surface area contributed by atoms with Crippen LogP contribution >= 0.6 is 0 Å². The van der Waals surface area contributed by atoms with Crippen molar-refractivity contribution < 1.29 is 4.39 Å². The Morgan fingerprint density at radius 1 is 1.50 bits per heavy atom. The number of benzene rings is 1. The fourth-order valence-electron chi connectivity index (χ4n) is 1.54. The van der Waals surface area contributed by atoms with Crippen molar-refractivity contribution in [2.24, 2.45) is 0 Å². The summed E-state index contributed by atoms with van der Waals surface area (Å²) in [6, 6.07) is 6.82. The van der Waals surface area contributed by atoms with Crippen LogP contribution in [-0.4, -0.2) is 18.0 Å². The van der Waals surface area contributed by atoms with E-state index in [0.29, 0.717) is 18.2 Å². The number of nitrogens with zero attached hydrogens (tertiary/aromatic N) is 2. The number of hydrogen-bond donors (Lipinski definition) is 0. The van der Waals surface area contributed by atoms with Gasteiger partial charge in [-0.3, -0.25) is 4.90 Å². The second-order valence-electron chi connectivity index (χ2n) is 4.09. The van der Waals surface area contributed by atoms with Crippen LogP contribution in [-0.2, 0) is 6.54 Å². The van der Waals surface area contributed by atoms with Gasteiger partial charge in [-0.05, 0) is 44.2 Å². The molecule has 0 heterocycles. The van der Waals surface area contributed by atoms with Crippen LogP contribution in [0.25, 0.3) is 0 Å². The molecule has 0 amide bonds. The molecule has 0 aliphatic rings. The summed E-state index contributed by atoms with van der Waals surface area (Å²) in [5.41, 5.74) is 1.31. The molecule has 0 fully saturated rings. The number of halogens is 1. The van der Waals surface area contributed by atoms with Gasteiger partial charge in [0.15, 0.2) is 0 Å². The van der Waals surface area contributed by atoms with E-state index in [0.717, 1.165) is 12.0 Å². The predicted octanol–water partition coefficient (Wildman–Crippen LogP) is 2.93. The van der Waals surface area contributed by atoms with Gasteiger partial charge in [0.05, 0.1) is 11.6 Å². The Balaban J connectivity index is 2.88. The zero-order valence-electron chi connectivity index (χ0n) is 10.00. The third-order valence-corrected chi connectivity index (χ3v) is 2.95. The maximum Gasteiger partial charge on any atom is 0.123 e. The lowest BCUT2D eigenvalue weighted by Gasteiger charge is -2.23. The summed E-state index contributed by atoms with van der Waals surface area (Å²) in [6.45, 7) is 4.83. The first kappa shape index (κ1) is 12.7.